The Morgan fingerprint density at radius 2 is 1.91 bits per heavy atom. The van der Waals surface area contributed by atoms with Gasteiger partial charge in [-0.1, -0.05) is 0 Å². The summed E-state index contributed by atoms with van der Waals surface area (Å²) in [6, 6.07) is 8.41. The van der Waals surface area contributed by atoms with E-state index in [0.717, 1.165) is 60.9 Å². The van der Waals surface area contributed by atoms with Gasteiger partial charge in [0, 0.05) is 62.4 Å². The van der Waals surface area contributed by atoms with E-state index < -0.39 is 0 Å². The van der Waals surface area contributed by atoms with Crippen LogP contribution in [0.25, 0.3) is 11.5 Å². The van der Waals surface area contributed by atoms with Crippen molar-refractivity contribution in [3.8, 4) is 11.5 Å². The Labute approximate surface area is 191 Å². The Hall–Kier alpha value is -3.30. The molecule has 9 heteroatoms. The van der Waals surface area contributed by atoms with Gasteiger partial charge in [-0.05, 0) is 43.7 Å². The van der Waals surface area contributed by atoms with Crippen LogP contribution in [0.5, 0.6) is 0 Å². The van der Waals surface area contributed by atoms with E-state index in [-0.39, 0.29) is 0 Å². The van der Waals surface area contributed by atoms with Gasteiger partial charge in [-0.25, -0.2) is 19.9 Å². The molecule has 1 fully saturated rings. The first-order valence-electron chi connectivity index (χ1n) is 10.7. The number of thiazole rings is 1. The highest BCUT2D eigenvalue weighted by atomic mass is 32.1. The molecule has 5 heterocycles. The average molecular weight is 447 g/mol. The van der Waals surface area contributed by atoms with E-state index in [0.29, 0.717) is 0 Å². The van der Waals surface area contributed by atoms with Crippen molar-refractivity contribution >= 4 is 28.0 Å². The Kier molecular flexibility index (Phi) is 5.83. The van der Waals surface area contributed by atoms with Crippen LogP contribution in [0, 0.1) is 13.8 Å². The van der Waals surface area contributed by atoms with Crippen LogP contribution in [-0.2, 0) is 6.54 Å². The minimum absolute atomic E-state index is 0.806. The van der Waals surface area contributed by atoms with Gasteiger partial charge in [0.15, 0.2) is 11.0 Å². The third kappa shape index (κ3) is 4.63. The minimum Gasteiger partial charge on any atom is -0.368 e. The monoisotopic (exact) mass is 446 g/mol. The molecule has 8 nitrogen and oxygen atoms in total. The molecule has 164 valence electrons. The van der Waals surface area contributed by atoms with Crippen LogP contribution in [0.2, 0.25) is 0 Å². The summed E-state index contributed by atoms with van der Waals surface area (Å²) in [6.07, 6.45) is 7.31. The molecule has 0 aliphatic carbocycles. The molecule has 1 aliphatic rings. The van der Waals surface area contributed by atoms with E-state index in [4.69, 9.17) is 4.98 Å². The second-order valence-electron chi connectivity index (χ2n) is 7.95. The molecule has 32 heavy (non-hydrogen) atoms. The van der Waals surface area contributed by atoms with Crippen LogP contribution >= 0.6 is 11.3 Å². The number of hydrogen-bond acceptors (Lipinski definition) is 8. The second-order valence-corrected chi connectivity index (χ2v) is 9.19. The molecular formula is C23H26N8S. The number of nitrogens with one attached hydrogen (secondary N) is 2. The maximum atomic E-state index is 4.76. The van der Waals surface area contributed by atoms with Crippen molar-refractivity contribution in [2.45, 2.75) is 20.4 Å². The summed E-state index contributed by atoms with van der Waals surface area (Å²) in [7, 11) is 0. The van der Waals surface area contributed by atoms with Crippen molar-refractivity contribution in [2.24, 2.45) is 0 Å². The van der Waals surface area contributed by atoms with Gasteiger partial charge in [0.1, 0.15) is 11.5 Å². The molecule has 0 radical (unpaired) electrons. The third-order valence-corrected chi connectivity index (χ3v) is 6.43. The Balaban J connectivity index is 1.19. The molecule has 4 aromatic heterocycles. The van der Waals surface area contributed by atoms with E-state index in [1.165, 1.54) is 16.1 Å². The lowest BCUT2D eigenvalue weighted by Crippen LogP contribution is -2.46. The first kappa shape index (κ1) is 20.6. The van der Waals surface area contributed by atoms with E-state index in [2.05, 4.69) is 67.1 Å². The average Bonchev–Trinajstić information content (AvgIpc) is 3.47. The first-order chi connectivity index (χ1) is 15.6. The summed E-state index contributed by atoms with van der Waals surface area (Å²) >= 11 is 1.63. The Bertz CT molecular complexity index is 1180. The maximum Gasteiger partial charge on any atom is 0.188 e. The minimum atomic E-state index is 0.806. The number of aromatic nitrogens is 5. The van der Waals surface area contributed by atoms with Crippen molar-refractivity contribution in [3.05, 3.63) is 65.2 Å². The molecule has 0 unspecified atom stereocenters. The number of hydrogen-bond donors (Lipinski definition) is 2. The fraction of sp³-hybridized carbons (Fsp3) is 0.304. The topological polar surface area (TPSA) is 85.9 Å². The van der Waals surface area contributed by atoms with Crippen molar-refractivity contribution in [3.63, 3.8) is 0 Å². The van der Waals surface area contributed by atoms with Gasteiger partial charge in [-0.15, -0.1) is 11.3 Å². The standard InChI is InChI=1S/C23H26N8S/c1-16-14-27-23(32-16)29-21-13-18(5-6-24-21)15-30-9-11-31(12-10-30)20-4-3-19(28-17(20)2)22-25-7-8-26-22/h3-8,13-14H,9-12,15H2,1-2H3,(H,25,26)(H,24,27,29). The van der Waals surface area contributed by atoms with Crippen molar-refractivity contribution in [2.75, 3.05) is 36.4 Å². The number of anilines is 3. The zero-order valence-corrected chi connectivity index (χ0v) is 19.1. The number of aromatic amines is 1. The van der Waals surface area contributed by atoms with Crippen LogP contribution < -0.4 is 10.2 Å². The SMILES string of the molecule is Cc1cnc(Nc2cc(CN3CCN(c4ccc(-c5ncc[nH]5)nc4C)CC3)ccn2)s1. The number of imidazole rings is 1. The molecule has 0 atom stereocenters. The Morgan fingerprint density at radius 3 is 2.62 bits per heavy atom. The largest absolute Gasteiger partial charge is 0.368 e. The highest BCUT2D eigenvalue weighted by Crippen LogP contribution is 2.24. The fourth-order valence-electron chi connectivity index (χ4n) is 3.99. The molecule has 0 spiro atoms. The van der Waals surface area contributed by atoms with Gasteiger partial charge in [-0.3, -0.25) is 4.90 Å². The maximum absolute atomic E-state index is 4.76. The van der Waals surface area contributed by atoms with Crippen molar-refractivity contribution < 1.29 is 0 Å². The number of rotatable bonds is 6. The summed E-state index contributed by atoms with van der Waals surface area (Å²) in [6.45, 7) is 9.03. The number of pyridine rings is 2. The lowest BCUT2D eigenvalue weighted by molar-refractivity contribution is 0.249. The van der Waals surface area contributed by atoms with E-state index in [1.54, 1.807) is 17.5 Å². The predicted molar refractivity (Wildman–Crippen MR) is 128 cm³/mol. The lowest BCUT2D eigenvalue weighted by Gasteiger charge is -2.36. The van der Waals surface area contributed by atoms with Crippen LogP contribution in [0.4, 0.5) is 16.6 Å². The number of nitrogens with zero attached hydrogens (tertiary/aromatic N) is 6. The van der Waals surface area contributed by atoms with Crippen molar-refractivity contribution in [1.82, 2.24) is 29.8 Å². The molecule has 5 rings (SSSR count). The van der Waals surface area contributed by atoms with Crippen LogP contribution in [0.15, 0.2) is 49.1 Å². The van der Waals surface area contributed by atoms with E-state index >= 15 is 0 Å². The van der Waals surface area contributed by atoms with Crippen LogP contribution in [0.3, 0.4) is 0 Å². The molecule has 2 N–H and O–H groups in total. The summed E-state index contributed by atoms with van der Waals surface area (Å²) in [5.41, 5.74) is 4.37. The molecule has 1 saturated heterocycles. The predicted octanol–water partition coefficient (Wildman–Crippen LogP) is 4.01. The van der Waals surface area contributed by atoms with Crippen LogP contribution in [0.1, 0.15) is 16.1 Å². The fourth-order valence-corrected chi connectivity index (χ4v) is 4.66. The third-order valence-electron chi connectivity index (χ3n) is 5.60. The van der Waals surface area contributed by atoms with E-state index in [1.807, 2.05) is 24.7 Å². The van der Waals surface area contributed by atoms with Crippen LogP contribution in [-0.4, -0.2) is 56.0 Å². The molecule has 1 aliphatic heterocycles. The Morgan fingerprint density at radius 1 is 1.03 bits per heavy atom. The van der Waals surface area contributed by atoms with Gasteiger partial charge in [0.25, 0.3) is 0 Å². The van der Waals surface area contributed by atoms with E-state index in [9.17, 15) is 0 Å². The molecule has 0 bridgehead atoms. The van der Waals surface area contributed by atoms with Gasteiger partial charge in [-0.2, -0.15) is 0 Å². The quantitative estimate of drug-likeness (QED) is 0.463. The smallest absolute Gasteiger partial charge is 0.188 e. The highest BCUT2D eigenvalue weighted by Gasteiger charge is 2.19. The number of H-pyrrole nitrogens is 1. The highest BCUT2D eigenvalue weighted by molar-refractivity contribution is 7.15. The molecule has 4 aromatic rings. The van der Waals surface area contributed by atoms with Gasteiger partial charge < -0.3 is 15.2 Å². The molecule has 0 aromatic carbocycles. The number of piperazine rings is 1. The van der Waals surface area contributed by atoms with Gasteiger partial charge >= 0.3 is 0 Å². The zero-order chi connectivity index (χ0) is 21.9. The second kappa shape index (κ2) is 9.05. The summed E-state index contributed by atoms with van der Waals surface area (Å²) in [4.78, 5) is 27.1. The zero-order valence-electron chi connectivity index (χ0n) is 18.2. The summed E-state index contributed by atoms with van der Waals surface area (Å²) in [5.74, 6) is 1.65. The first-order valence-corrected chi connectivity index (χ1v) is 11.5. The molecular weight excluding hydrogens is 420 g/mol. The summed E-state index contributed by atoms with van der Waals surface area (Å²) in [5, 5.41) is 4.19. The lowest BCUT2D eigenvalue weighted by atomic mass is 10.2. The van der Waals surface area contributed by atoms with Gasteiger partial charge in [0.2, 0.25) is 0 Å². The molecule has 0 saturated carbocycles. The molecule has 0 amide bonds. The van der Waals surface area contributed by atoms with Gasteiger partial charge in [0.05, 0.1) is 11.4 Å². The normalized spacial score (nSPS) is 14.6. The van der Waals surface area contributed by atoms with Crippen molar-refractivity contribution in [1.29, 1.82) is 0 Å². The summed E-state index contributed by atoms with van der Waals surface area (Å²) < 4.78 is 0. The number of aryl methyl sites for hydroxylation is 2.